The molecule has 1 aromatic heterocycles. The Hall–Kier alpha value is -2.38. The molecule has 0 radical (unpaired) electrons. The molecule has 2 saturated heterocycles. The van der Waals surface area contributed by atoms with Crippen LogP contribution >= 0.6 is 0 Å². The Balaban J connectivity index is 1.37. The van der Waals surface area contributed by atoms with Crippen molar-refractivity contribution in [2.75, 3.05) is 31.1 Å². The molecular formula is C19H20N4. The van der Waals surface area contributed by atoms with Gasteiger partial charge in [-0.3, -0.25) is 4.90 Å². The minimum atomic E-state index is 0.488. The lowest BCUT2D eigenvalue weighted by molar-refractivity contribution is 0.309. The van der Waals surface area contributed by atoms with Gasteiger partial charge in [-0.25, -0.2) is 4.98 Å². The topological polar surface area (TPSA) is 43.2 Å². The summed E-state index contributed by atoms with van der Waals surface area (Å²) in [6, 6.07) is 16.6. The van der Waals surface area contributed by atoms with Crippen LogP contribution in [-0.2, 0) is 6.54 Å². The highest BCUT2D eigenvalue weighted by atomic mass is 15.2. The Morgan fingerprint density at radius 2 is 1.74 bits per heavy atom. The van der Waals surface area contributed by atoms with Crippen molar-refractivity contribution in [2.45, 2.75) is 6.54 Å². The van der Waals surface area contributed by atoms with Crippen LogP contribution in [-0.4, -0.2) is 36.1 Å². The first kappa shape index (κ1) is 14.2. The molecule has 0 amide bonds. The third-order valence-electron chi connectivity index (χ3n) is 5.04. The quantitative estimate of drug-likeness (QED) is 0.874. The minimum Gasteiger partial charge on any atom is -0.370 e. The number of pyridine rings is 1. The van der Waals surface area contributed by atoms with E-state index < -0.39 is 0 Å². The van der Waals surface area contributed by atoms with Crippen LogP contribution in [0.4, 0.5) is 5.69 Å². The number of fused-ring (bicyclic) bond motifs is 1. The number of nitriles is 1. The molecular weight excluding hydrogens is 284 g/mol. The zero-order chi connectivity index (χ0) is 15.6. The first-order valence-electron chi connectivity index (χ1n) is 8.19. The maximum atomic E-state index is 8.84. The highest BCUT2D eigenvalue weighted by Crippen LogP contribution is 2.34. The first-order valence-corrected chi connectivity index (χ1v) is 8.19. The van der Waals surface area contributed by atoms with Crippen LogP contribution in [0.25, 0.3) is 0 Å². The Labute approximate surface area is 137 Å². The lowest BCUT2D eigenvalue weighted by Gasteiger charge is -2.22. The summed E-state index contributed by atoms with van der Waals surface area (Å²) in [5.74, 6) is 1.49. The fraction of sp³-hybridized carbons (Fsp3) is 0.368. The number of likely N-dealkylation sites (tertiary alicyclic amines) is 1. The van der Waals surface area contributed by atoms with E-state index >= 15 is 0 Å². The third kappa shape index (κ3) is 2.93. The van der Waals surface area contributed by atoms with Gasteiger partial charge < -0.3 is 4.90 Å². The predicted molar refractivity (Wildman–Crippen MR) is 89.9 cm³/mol. The summed E-state index contributed by atoms with van der Waals surface area (Å²) >= 11 is 0. The number of anilines is 1. The van der Waals surface area contributed by atoms with Crippen molar-refractivity contribution in [1.29, 1.82) is 5.26 Å². The van der Waals surface area contributed by atoms with Crippen LogP contribution in [0.15, 0.2) is 48.7 Å². The van der Waals surface area contributed by atoms with Crippen molar-refractivity contribution in [3.63, 3.8) is 0 Å². The summed E-state index contributed by atoms with van der Waals surface area (Å²) < 4.78 is 0. The second-order valence-corrected chi connectivity index (χ2v) is 6.62. The van der Waals surface area contributed by atoms with Crippen LogP contribution in [0.2, 0.25) is 0 Å². The largest absolute Gasteiger partial charge is 0.370 e. The van der Waals surface area contributed by atoms with Crippen LogP contribution in [0.1, 0.15) is 11.3 Å². The second-order valence-electron chi connectivity index (χ2n) is 6.62. The van der Waals surface area contributed by atoms with Crippen molar-refractivity contribution < 1.29 is 0 Å². The average Bonchev–Trinajstić information content (AvgIpc) is 3.14. The number of hydrogen-bond donors (Lipinski definition) is 0. The summed E-state index contributed by atoms with van der Waals surface area (Å²) in [4.78, 5) is 9.20. The van der Waals surface area contributed by atoms with Gasteiger partial charge in [-0.05, 0) is 29.5 Å². The summed E-state index contributed by atoms with van der Waals surface area (Å²) in [6.07, 6.45) is 1.83. The molecule has 2 atom stereocenters. The van der Waals surface area contributed by atoms with E-state index in [1.807, 2.05) is 18.3 Å². The van der Waals surface area contributed by atoms with Crippen molar-refractivity contribution in [2.24, 2.45) is 11.8 Å². The van der Waals surface area contributed by atoms with Gasteiger partial charge >= 0.3 is 0 Å². The van der Waals surface area contributed by atoms with Gasteiger partial charge in [-0.15, -0.1) is 0 Å². The van der Waals surface area contributed by atoms with Crippen molar-refractivity contribution in [3.05, 3.63) is 59.9 Å². The van der Waals surface area contributed by atoms with Gasteiger partial charge in [0.25, 0.3) is 0 Å². The fourth-order valence-electron chi connectivity index (χ4n) is 3.91. The molecule has 0 N–H and O–H groups in total. The molecule has 0 aliphatic carbocycles. The molecule has 0 saturated carbocycles. The molecule has 23 heavy (non-hydrogen) atoms. The van der Waals surface area contributed by atoms with E-state index in [1.165, 1.54) is 18.7 Å². The van der Waals surface area contributed by atoms with E-state index in [4.69, 9.17) is 5.26 Å². The zero-order valence-corrected chi connectivity index (χ0v) is 13.1. The average molecular weight is 304 g/mol. The maximum absolute atomic E-state index is 8.84. The van der Waals surface area contributed by atoms with Crippen LogP contribution < -0.4 is 4.90 Å². The number of benzene rings is 1. The lowest BCUT2D eigenvalue weighted by Crippen LogP contribution is -2.28. The lowest BCUT2D eigenvalue weighted by atomic mass is 10.0. The molecule has 1 aromatic carbocycles. The third-order valence-corrected chi connectivity index (χ3v) is 5.04. The highest BCUT2D eigenvalue weighted by molar-refractivity contribution is 5.47. The van der Waals surface area contributed by atoms with E-state index in [-0.39, 0.29) is 0 Å². The number of nitrogens with zero attached hydrogens (tertiary/aromatic N) is 4. The molecule has 116 valence electrons. The summed E-state index contributed by atoms with van der Waals surface area (Å²) in [5, 5.41) is 8.84. The fourth-order valence-corrected chi connectivity index (χ4v) is 3.91. The highest BCUT2D eigenvalue weighted by Gasteiger charge is 2.39. The Kier molecular flexibility index (Phi) is 3.72. The van der Waals surface area contributed by atoms with Gasteiger partial charge in [0, 0.05) is 32.7 Å². The van der Waals surface area contributed by atoms with Crippen LogP contribution in [0.5, 0.6) is 0 Å². The Bertz CT molecular complexity index is 690. The van der Waals surface area contributed by atoms with E-state index in [9.17, 15) is 0 Å². The van der Waals surface area contributed by atoms with Crippen LogP contribution in [0, 0.1) is 23.2 Å². The first-order chi connectivity index (χ1) is 11.3. The summed E-state index contributed by atoms with van der Waals surface area (Å²) in [7, 11) is 0. The molecule has 4 nitrogen and oxygen atoms in total. The molecule has 3 heterocycles. The van der Waals surface area contributed by atoms with E-state index in [2.05, 4.69) is 51.2 Å². The molecule has 2 unspecified atom stereocenters. The maximum Gasteiger partial charge on any atom is 0.140 e. The second kappa shape index (κ2) is 6.02. The minimum absolute atomic E-state index is 0.488. The van der Waals surface area contributed by atoms with Crippen molar-refractivity contribution in [1.82, 2.24) is 9.88 Å². The molecule has 2 aliphatic rings. The van der Waals surface area contributed by atoms with Gasteiger partial charge in [0.1, 0.15) is 11.8 Å². The number of rotatable bonds is 3. The van der Waals surface area contributed by atoms with Gasteiger partial charge in [-0.1, -0.05) is 30.3 Å². The number of hydrogen-bond acceptors (Lipinski definition) is 4. The summed E-state index contributed by atoms with van der Waals surface area (Å²) in [6.45, 7) is 5.62. The number of aromatic nitrogens is 1. The molecule has 4 rings (SSSR count). The van der Waals surface area contributed by atoms with Gasteiger partial charge in [-0.2, -0.15) is 5.26 Å². The molecule has 2 aromatic rings. The summed E-state index contributed by atoms with van der Waals surface area (Å²) in [5.41, 5.74) is 3.04. The Morgan fingerprint density at radius 3 is 2.35 bits per heavy atom. The smallest absolute Gasteiger partial charge is 0.140 e. The van der Waals surface area contributed by atoms with E-state index in [0.29, 0.717) is 5.69 Å². The Morgan fingerprint density at radius 1 is 1.00 bits per heavy atom. The standard InChI is InChI=1S/C19H20N4/c20-8-18-6-7-19(9-21-18)23-13-16-11-22(12-17(16)14-23)10-15-4-2-1-3-5-15/h1-7,9,16-17H,10-14H2. The van der Waals surface area contributed by atoms with Crippen molar-refractivity contribution >= 4 is 5.69 Å². The molecule has 4 heteroatoms. The van der Waals surface area contributed by atoms with Crippen molar-refractivity contribution in [3.8, 4) is 6.07 Å². The monoisotopic (exact) mass is 304 g/mol. The van der Waals surface area contributed by atoms with Gasteiger partial charge in [0.15, 0.2) is 0 Å². The SMILES string of the molecule is N#Cc1ccc(N2CC3CN(Cc4ccccc4)CC3C2)cn1. The molecule has 0 spiro atoms. The van der Waals surface area contributed by atoms with Crippen LogP contribution in [0.3, 0.4) is 0 Å². The molecule has 0 bridgehead atoms. The van der Waals surface area contributed by atoms with Gasteiger partial charge in [0.05, 0.1) is 11.9 Å². The normalized spacial score (nSPS) is 23.7. The predicted octanol–water partition coefficient (Wildman–Crippen LogP) is 2.52. The van der Waals surface area contributed by atoms with Gasteiger partial charge in [0.2, 0.25) is 0 Å². The molecule has 2 fully saturated rings. The van der Waals surface area contributed by atoms with E-state index in [0.717, 1.165) is 37.2 Å². The zero-order valence-electron chi connectivity index (χ0n) is 13.1. The van der Waals surface area contributed by atoms with E-state index in [1.54, 1.807) is 0 Å². The molecule has 2 aliphatic heterocycles.